The molecule has 1 aromatic heterocycles. The maximum Gasteiger partial charge on any atom is 0.0349 e. The minimum absolute atomic E-state index is 0.466. The van der Waals surface area contributed by atoms with E-state index in [4.69, 9.17) is 0 Å². The Morgan fingerprint density at radius 3 is 2.69 bits per heavy atom. The van der Waals surface area contributed by atoms with Crippen molar-refractivity contribution >= 4 is 0 Å². The quantitative estimate of drug-likeness (QED) is 0.794. The van der Waals surface area contributed by atoms with Crippen LogP contribution in [0.5, 0.6) is 0 Å². The standard InChI is InChI=1S/C14H24N2/c1-5-7-11(3)14(16-6-2)13-8-9-15-10-12(13)4/h8-11,14,16H,5-7H2,1-4H3. The van der Waals surface area contributed by atoms with Gasteiger partial charge in [0, 0.05) is 18.4 Å². The van der Waals surface area contributed by atoms with Gasteiger partial charge in [-0.15, -0.1) is 0 Å². The number of nitrogens with zero attached hydrogens (tertiary/aromatic N) is 1. The fourth-order valence-electron chi connectivity index (χ4n) is 2.29. The molecule has 0 aliphatic rings. The maximum atomic E-state index is 4.16. The number of rotatable bonds is 6. The highest BCUT2D eigenvalue weighted by Crippen LogP contribution is 2.27. The number of aryl methyl sites for hydroxylation is 1. The first-order valence-corrected chi connectivity index (χ1v) is 6.34. The lowest BCUT2D eigenvalue weighted by molar-refractivity contribution is 0.368. The molecule has 0 bridgehead atoms. The molecular weight excluding hydrogens is 196 g/mol. The van der Waals surface area contributed by atoms with Gasteiger partial charge in [-0.2, -0.15) is 0 Å². The first-order chi connectivity index (χ1) is 7.70. The largest absolute Gasteiger partial charge is 0.310 e. The Kier molecular flexibility index (Phi) is 5.47. The molecule has 0 fully saturated rings. The SMILES string of the molecule is CCCC(C)C(NCC)c1ccncc1C. The zero-order valence-electron chi connectivity index (χ0n) is 11.0. The van der Waals surface area contributed by atoms with Gasteiger partial charge >= 0.3 is 0 Å². The molecule has 2 atom stereocenters. The summed E-state index contributed by atoms with van der Waals surface area (Å²) in [5.41, 5.74) is 2.69. The van der Waals surface area contributed by atoms with Gasteiger partial charge in [-0.05, 0) is 43.0 Å². The lowest BCUT2D eigenvalue weighted by atomic mass is 9.89. The zero-order valence-corrected chi connectivity index (χ0v) is 11.0. The molecule has 16 heavy (non-hydrogen) atoms. The van der Waals surface area contributed by atoms with E-state index in [-0.39, 0.29) is 0 Å². The summed E-state index contributed by atoms with van der Waals surface area (Å²) in [5.74, 6) is 0.672. The van der Waals surface area contributed by atoms with Crippen LogP contribution in [0.2, 0.25) is 0 Å². The van der Waals surface area contributed by atoms with Gasteiger partial charge in [0.05, 0.1) is 0 Å². The van der Waals surface area contributed by atoms with Gasteiger partial charge in [0.25, 0.3) is 0 Å². The second-order valence-electron chi connectivity index (χ2n) is 4.53. The predicted molar refractivity (Wildman–Crippen MR) is 69.5 cm³/mol. The number of nitrogens with one attached hydrogen (secondary N) is 1. The summed E-state index contributed by atoms with van der Waals surface area (Å²) in [5, 5.41) is 3.60. The Labute approximate surface area is 99.5 Å². The average Bonchev–Trinajstić information content (AvgIpc) is 2.27. The summed E-state index contributed by atoms with van der Waals surface area (Å²) in [4.78, 5) is 4.16. The molecule has 1 heterocycles. The van der Waals surface area contributed by atoms with Crippen molar-refractivity contribution in [1.82, 2.24) is 10.3 Å². The molecule has 2 unspecified atom stereocenters. The van der Waals surface area contributed by atoms with Gasteiger partial charge in [0.15, 0.2) is 0 Å². The molecule has 0 aliphatic heterocycles. The molecular formula is C14H24N2. The molecule has 0 spiro atoms. The Hall–Kier alpha value is -0.890. The van der Waals surface area contributed by atoms with Crippen molar-refractivity contribution < 1.29 is 0 Å². The number of hydrogen-bond acceptors (Lipinski definition) is 2. The van der Waals surface area contributed by atoms with Crippen molar-refractivity contribution in [3.63, 3.8) is 0 Å². The summed E-state index contributed by atoms with van der Waals surface area (Å²) < 4.78 is 0. The van der Waals surface area contributed by atoms with Crippen LogP contribution < -0.4 is 5.32 Å². The van der Waals surface area contributed by atoms with E-state index in [1.54, 1.807) is 0 Å². The van der Waals surface area contributed by atoms with Crippen molar-refractivity contribution in [3.05, 3.63) is 29.6 Å². The first-order valence-electron chi connectivity index (χ1n) is 6.34. The summed E-state index contributed by atoms with van der Waals surface area (Å²) in [6.07, 6.45) is 6.36. The van der Waals surface area contributed by atoms with Crippen molar-refractivity contribution in [3.8, 4) is 0 Å². The fourth-order valence-corrected chi connectivity index (χ4v) is 2.29. The molecule has 1 aromatic rings. The molecule has 90 valence electrons. The first kappa shape index (κ1) is 13.2. The number of hydrogen-bond donors (Lipinski definition) is 1. The van der Waals surface area contributed by atoms with Crippen LogP contribution >= 0.6 is 0 Å². The molecule has 0 saturated carbocycles. The van der Waals surface area contributed by atoms with E-state index in [2.05, 4.69) is 44.1 Å². The second kappa shape index (κ2) is 6.64. The van der Waals surface area contributed by atoms with Crippen LogP contribution in [-0.2, 0) is 0 Å². The smallest absolute Gasteiger partial charge is 0.0349 e. The van der Waals surface area contributed by atoms with Crippen molar-refractivity contribution in [2.75, 3.05) is 6.54 Å². The monoisotopic (exact) mass is 220 g/mol. The Morgan fingerprint density at radius 1 is 1.38 bits per heavy atom. The third kappa shape index (κ3) is 3.31. The molecule has 2 heteroatoms. The van der Waals surface area contributed by atoms with E-state index in [1.165, 1.54) is 24.0 Å². The minimum Gasteiger partial charge on any atom is -0.310 e. The number of pyridine rings is 1. The molecule has 0 saturated heterocycles. The van der Waals surface area contributed by atoms with Crippen LogP contribution in [0, 0.1) is 12.8 Å². The molecule has 2 nitrogen and oxygen atoms in total. The highest BCUT2D eigenvalue weighted by Gasteiger charge is 2.18. The Morgan fingerprint density at radius 2 is 2.12 bits per heavy atom. The highest BCUT2D eigenvalue weighted by atomic mass is 14.9. The van der Waals surface area contributed by atoms with E-state index in [1.807, 2.05) is 12.4 Å². The maximum absolute atomic E-state index is 4.16. The van der Waals surface area contributed by atoms with Crippen LogP contribution in [0.3, 0.4) is 0 Å². The van der Waals surface area contributed by atoms with E-state index >= 15 is 0 Å². The summed E-state index contributed by atoms with van der Waals surface area (Å²) in [6, 6.07) is 2.61. The van der Waals surface area contributed by atoms with Crippen LogP contribution in [0.25, 0.3) is 0 Å². The van der Waals surface area contributed by atoms with Gasteiger partial charge in [0.2, 0.25) is 0 Å². The summed E-state index contributed by atoms with van der Waals surface area (Å²) in [7, 11) is 0. The molecule has 0 aromatic carbocycles. The second-order valence-corrected chi connectivity index (χ2v) is 4.53. The summed E-state index contributed by atoms with van der Waals surface area (Å²) >= 11 is 0. The van der Waals surface area contributed by atoms with Gasteiger partial charge < -0.3 is 5.32 Å². The van der Waals surface area contributed by atoms with E-state index in [0.29, 0.717) is 12.0 Å². The van der Waals surface area contributed by atoms with Crippen LogP contribution in [0.4, 0.5) is 0 Å². The van der Waals surface area contributed by atoms with Crippen molar-refractivity contribution in [2.45, 2.75) is 46.6 Å². The third-order valence-electron chi connectivity index (χ3n) is 3.14. The number of aromatic nitrogens is 1. The molecule has 1 rings (SSSR count). The lowest BCUT2D eigenvalue weighted by Gasteiger charge is -2.26. The third-order valence-corrected chi connectivity index (χ3v) is 3.14. The topological polar surface area (TPSA) is 24.9 Å². The molecule has 0 amide bonds. The lowest BCUT2D eigenvalue weighted by Crippen LogP contribution is -2.27. The molecule has 0 aliphatic carbocycles. The Balaban J connectivity index is 2.88. The van der Waals surface area contributed by atoms with E-state index < -0.39 is 0 Å². The van der Waals surface area contributed by atoms with Gasteiger partial charge in [-0.25, -0.2) is 0 Å². The average molecular weight is 220 g/mol. The normalized spacial score (nSPS) is 14.8. The van der Waals surface area contributed by atoms with Crippen molar-refractivity contribution in [1.29, 1.82) is 0 Å². The van der Waals surface area contributed by atoms with Crippen LogP contribution in [-0.4, -0.2) is 11.5 Å². The van der Waals surface area contributed by atoms with Gasteiger partial charge in [-0.1, -0.05) is 27.2 Å². The minimum atomic E-state index is 0.466. The van der Waals surface area contributed by atoms with Gasteiger partial charge in [0.1, 0.15) is 0 Å². The van der Waals surface area contributed by atoms with Crippen LogP contribution in [0.1, 0.15) is 50.8 Å². The predicted octanol–water partition coefficient (Wildman–Crippen LogP) is 3.48. The zero-order chi connectivity index (χ0) is 12.0. The molecule has 0 radical (unpaired) electrons. The highest BCUT2D eigenvalue weighted by molar-refractivity contribution is 5.25. The van der Waals surface area contributed by atoms with Crippen LogP contribution in [0.15, 0.2) is 18.5 Å². The summed E-state index contributed by atoms with van der Waals surface area (Å²) in [6.45, 7) is 9.91. The van der Waals surface area contributed by atoms with Gasteiger partial charge in [-0.3, -0.25) is 4.98 Å². The molecule has 1 N–H and O–H groups in total. The van der Waals surface area contributed by atoms with E-state index in [0.717, 1.165) is 6.54 Å². The van der Waals surface area contributed by atoms with E-state index in [9.17, 15) is 0 Å². The Bertz CT molecular complexity index is 309. The fraction of sp³-hybridized carbons (Fsp3) is 0.643. The van der Waals surface area contributed by atoms with Crippen molar-refractivity contribution in [2.24, 2.45) is 5.92 Å².